The van der Waals surface area contributed by atoms with E-state index in [9.17, 15) is 9.59 Å². The number of carbonyl (C=O) groups excluding carboxylic acids is 1. The van der Waals surface area contributed by atoms with Crippen molar-refractivity contribution in [3.05, 3.63) is 58.4 Å². The number of hydrogen-bond donors (Lipinski definition) is 2. The molecule has 1 aromatic carbocycles. The molecule has 3 N–H and O–H groups in total. The topological polar surface area (TPSA) is 79.2 Å². The maximum absolute atomic E-state index is 12.7. The van der Waals surface area contributed by atoms with E-state index in [4.69, 9.17) is 5.73 Å². The van der Waals surface area contributed by atoms with Crippen molar-refractivity contribution in [1.29, 1.82) is 0 Å². The Morgan fingerprint density at radius 3 is 2.61 bits per heavy atom. The largest absolute Gasteiger partial charge is 0.337 e. The van der Waals surface area contributed by atoms with E-state index in [0.717, 1.165) is 18.4 Å². The molecule has 1 unspecified atom stereocenters. The van der Waals surface area contributed by atoms with Gasteiger partial charge in [-0.05, 0) is 30.4 Å². The molecule has 0 aliphatic heterocycles. The zero-order valence-corrected chi connectivity index (χ0v) is 13.2. The van der Waals surface area contributed by atoms with Crippen molar-refractivity contribution >= 4 is 5.91 Å². The average Bonchev–Trinajstić information content (AvgIpc) is 3.40. The van der Waals surface area contributed by atoms with Gasteiger partial charge >= 0.3 is 0 Å². The van der Waals surface area contributed by atoms with Crippen molar-refractivity contribution in [1.82, 2.24) is 9.88 Å². The number of rotatable bonds is 5. The van der Waals surface area contributed by atoms with E-state index in [2.05, 4.69) is 4.98 Å². The first kappa shape index (κ1) is 15.5. The number of amides is 1. The fraction of sp³-hybridized carbons (Fsp3) is 0.333. The summed E-state index contributed by atoms with van der Waals surface area (Å²) in [5, 5.41) is 0. The van der Waals surface area contributed by atoms with Crippen molar-refractivity contribution in [2.24, 2.45) is 11.7 Å². The molecule has 1 aromatic heterocycles. The smallest absolute Gasteiger partial charge is 0.254 e. The van der Waals surface area contributed by atoms with Crippen molar-refractivity contribution in [2.45, 2.75) is 18.9 Å². The van der Waals surface area contributed by atoms with Gasteiger partial charge in [0.15, 0.2) is 0 Å². The monoisotopic (exact) mass is 311 g/mol. The molecule has 1 aliphatic carbocycles. The Balaban J connectivity index is 1.91. The molecular weight excluding hydrogens is 290 g/mol. The molecule has 0 saturated heterocycles. The van der Waals surface area contributed by atoms with Gasteiger partial charge in [-0.15, -0.1) is 0 Å². The van der Waals surface area contributed by atoms with Crippen LogP contribution < -0.4 is 11.3 Å². The molecule has 0 radical (unpaired) electrons. The zero-order valence-electron chi connectivity index (χ0n) is 13.2. The zero-order chi connectivity index (χ0) is 16.4. The highest BCUT2D eigenvalue weighted by atomic mass is 16.2. The SMILES string of the molecule is CN(C(=O)c1cc(-c2ccccc2)[nH]c(=O)c1)C(CN)C1CC1. The van der Waals surface area contributed by atoms with E-state index in [-0.39, 0.29) is 17.5 Å². The van der Waals surface area contributed by atoms with Crippen LogP contribution in [0.2, 0.25) is 0 Å². The number of nitrogens with two attached hydrogens (primary N) is 1. The lowest BCUT2D eigenvalue weighted by atomic mass is 10.1. The molecular formula is C18H21N3O2. The number of nitrogens with one attached hydrogen (secondary N) is 1. The lowest BCUT2D eigenvalue weighted by Crippen LogP contribution is -2.43. The second kappa shape index (κ2) is 6.38. The van der Waals surface area contributed by atoms with Crippen molar-refractivity contribution in [3.63, 3.8) is 0 Å². The summed E-state index contributed by atoms with van der Waals surface area (Å²) >= 11 is 0. The maximum Gasteiger partial charge on any atom is 0.254 e. The van der Waals surface area contributed by atoms with Gasteiger partial charge in [-0.3, -0.25) is 9.59 Å². The van der Waals surface area contributed by atoms with Crippen molar-refractivity contribution in [2.75, 3.05) is 13.6 Å². The normalized spacial score (nSPS) is 15.2. The molecule has 2 aromatic rings. The van der Waals surface area contributed by atoms with Gasteiger partial charge in [-0.1, -0.05) is 30.3 Å². The molecule has 0 bridgehead atoms. The number of carbonyl (C=O) groups is 1. The number of aromatic nitrogens is 1. The lowest BCUT2D eigenvalue weighted by Gasteiger charge is -2.27. The van der Waals surface area contributed by atoms with Crippen molar-refractivity contribution < 1.29 is 4.79 Å². The van der Waals surface area contributed by atoms with Gasteiger partial charge in [-0.2, -0.15) is 0 Å². The van der Waals surface area contributed by atoms with Gasteiger partial charge in [0.05, 0.1) is 0 Å². The van der Waals surface area contributed by atoms with Gasteiger partial charge in [0.1, 0.15) is 0 Å². The van der Waals surface area contributed by atoms with E-state index in [1.54, 1.807) is 18.0 Å². The Morgan fingerprint density at radius 2 is 2.00 bits per heavy atom. The second-order valence-corrected chi connectivity index (χ2v) is 6.07. The molecule has 23 heavy (non-hydrogen) atoms. The molecule has 1 saturated carbocycles. The van der Waals surface area contributed by atoms with Crippen LogP contribution in [-0.4, -0.2) is 35.4 Å². The van der Waals surface area contributed by atoms with Gasteiger partial charge in [0.2, 0.25) is 5.56 Å². The summed E-state index contributed by atoms with van der Waals surface area (Å²) in [6, 6.07) is 12.6. The predicted octanol–water partition coefficient (Wildman–Crippen LogP) is 1.85. The molecule has 1 fully saturated rings. The molecule has 5 nitrogen and oxygen atoms in total. The summed E-state index contributed by atoms with van der Waals surface area (Å²) in [5.74, 6) is 0.333. The molecule has 1 amide bonds. The summed E-state index contributed by atoms with van der Waals surface area (Å²) in [5.41, 5.74) is 7.46. The van der Waals surface area contributed by atoms with Crippen LogP contribution >= 0.6 is 0 Å². The third kappa shape index (κ3) is 3.35. The van der Waals surface area contributed by atoms with Gasteiger partial charge in [-0.25, -0.2) is 0 Å². The molecule has 5 heteroatoms. The summed E-state index contributed by atoms with van der Waals surface area (Å²) in [6.07, 6.45) is 2.23. The van der Waals surface area contributed by atoms with Gasteiger partial charge in [0, 0.05) is 37.0 Å². The van der Waals surface area contributed by atoms with Gasteiger partial charge in [0.25, 0.3) is 5.91 Å². The molecule has 1 aliphatic rings. The van der Waals surface area contributed by atoms with Crippen LogP contribution in [0.15, 0.2) is 47.3 Å². The van der Waals surface area contributed by atoms with Crippen LogP contribution in [-0.2, 0) is 0 Å². The van der Waals surface area contributed by atoms with E-state index in [0.29, 0.717) is 23.7 Å². The summed E-state index contributed by atoms with van der Waals surface area (Å²) in [6.45, 7) is 0.446. The number of pyridine rings is 1. The first-order valence-corrected chi connectivity index (χ1v) is 7.87. The van der Waals surface area contributed by atoms with Crippen molar-refractivity contribution in [3.8, 4) is 11.3 Å². The minimum Gasteiger partial charge on any atom is -0.337 e. The maximum atomic E-state index is 12.7. The lowest BCUT2D eigenvalue weighted by molar-refractivity contribution is 0.0718. The summed E-state index contributed by atoms with van der Waals surface area (Å²) < 4.78 is 0. The highest BCUT2D eigenvalue weighted by molar-refractivity contribution is 5.95. The Morgan fingerprint density at radius 1 is 1.30 bits per heavy atom. The summed E-state index contributed by atoms with van der Waals surface area (Å²) in [7, 11) is 1.77. The Kier molecular flexibility index (Phi) is 4.30. The Bertz CT molecular complexity index is 750. The average molecular weight is 311 g/mol. The van der Waals surface area contributed by atoms with Crippen LogP contribution in [0.3, 0.4) is 0 Å². The Labute approximate surface area is 135 Å². The fourth-order valence-corrected chi connectivity index (χ4v) is 2.94. The Hall–Kier alpha value is -2.40. The minimum atomic E-state index is -0.279. The highest BCUT2D eigenvalue weighted by Gasteiger charge is 2.35. The molecule has 120 valence electrons. The number of hydrogen-bond acceptors (Lipinski definition) is 3. The molecule has 1 heterocycles. The number of aromatic amines is 1. The number of nitrogens with zero attached hydrogens (tertiary/aromatic N) is 1. The number of benzene rings is 1. The third-order valence-corrected chi connectivity index (χ3v) is 4.40. The highest BCUT2D eigenvalue weighted by Crippen LogP contribution is 2.35. The standard InChI is InChI=1S/C18H21N3O2/c1-21(16(11-19)13-7-8-13)18(23)14-9-15(20-17(22)10-14)12-5-3-2-4-6-12/h2-6,9-10,13,16H,7-8,11,19H2,1H3,(H,20,22). The number of H-pyrrole nitrogens is 1. The van der Waals surface area contributed by atoms with Crippen LogP contribution in [0, 0.1) is 5.92 Å². The third-order valence-electron chi connectivity index (χ3n) is 4.40. The second-order valence-electron chi connectivity index (χ2n) is 6.07. The first-order valence-electron chi connectivity index (χ1n) is 7.87. The quantitative estimate of drug-likeness (QED) is 0.884. The van der Waals surface area contributed by atoms with Crippen LogP contribution in [0.4, 0.5) is 0 Å². The van der Waals surface area contributed by atoms with E-state index >= 15 is 0 Å². The van der Waals surface area contributed by atoms with Crippen LogP contribution in [0.1, 0.15) is 23.2 Å². The van der Waals surface area contributed by atoms with E-state index in [1.807, 2.05) is 30.3 Å². The molecule has 0 spiro atoms. The van der Waals surface area contributed by atoms with E-state index in [1.165, 1.54) is 6.07 Å². The predicted molar refractivity (Wildman–Crippen MR) is 90.2 cm³/mol. The van der Waals surface area contributed by atoms with Gasteiger partial charge < -0.3 is 15.6 Å². The minimum absolute atomic E-state index is 0.0435. The number of likely N-dealkylation sites (N-methyl/N-ethyl adjacent to an activating group) is 1. The van der Waals surface area contributed by atoms with Crippen LogP contribution in [0.5, 0.6) is 0 Å². The van der Waals surface area contributed by atoms with Crippen LogP contribution in [0.25, 0.3) is 11.3 Å². The summed E-state index contributed by atoms with van der Waals surface area (Å²) in [4.78, 5) is 29.1. The first-order chi connectivity index (χ1) is 11.1. The fourth-order valence-electron chi connectivity index (χ4n) is 2.94. The van der Waals surface area contributed by atoms with E-state index < -0.39 is 0 Å². The molecule has 1 atom stereocenters. The molecule has 3 rings (SSSR count).